The fourth-order valence-corrected chi connectivity index (χ4v) is 4.24. The molecule has 0 aromatic heterocycles. The van der Waals surface area contributed by atoms with Gasteiger partial charge < -0.3 is 14.2 Å². The van der Waals surface area contributed by atoms with Gasteiger partial charge in [0.15, 0.2) is 0 Å². The van der Waals surface area contributed by atoms with Gasteiger partial charge in [0, 0.05) is 29.5 Å². The Labute approximate surface area is 186 Å². The Hall–Kier alpha value is -3.05. The molecule has 31 heavy (non-hydrogen) atoms. The predicted molar refractivity (Wildman–Crippen MR) is 118 cm³/mol. The van der Waals surface area contributed by atoms with Crippen molar-refractivity contribution < 1.29 is 23.8 Å². The Kier molecular flexibility index (Phi) is 5.88. The first-order valence-electron chi connectivity index (χ1n) is 10.1. The van der Waals surface area contributed by atoms with Crippen molar-refractivity contribution in [1.29, 1.82) is 0 Å². The number of allylic oxidation sites excluding steroid dienone is 1. The number of halogens is 1. The van der Waals surface area contributed by atoms with E-state index in [2.05, 4.69) is 13.2 Å². The molecule has 6 heteroatoms. The van der Waals surface area contributed by atoms with Crippen molar-refractivity contribution in [3.63, 3.8) is 0 Å². The zero-order valence-electron chi connectivity index (χ0n) is 17.2. The van der Waals surface area contributed by atoms with E-state index in [0.29, 0.717) is 34.8 Å². The second kappa shape index (κ2) is 8.60. The molecule has 0 saturated carbocycles. The third-order valence-electron chi connectivity index (χ3n) is 5.64. The van der Waals surface area contributed by atoms with Crippen LogP contribution in [0.1, 0.15) is 25.3 Å². The number of hydrogen-bond donors (Lipinski definition) is 0. The number of ether oxygens (including phenoxy) is 3. The van der Waals surface area contributed by atoms with Crippen LogP contribution in [0.2, 0.25) is 5.02 Å². The third kappa shape index (κ3) is 4.67. The standard InChI is InChI=1S/C25H23ClO5/c1-14-10-20-12-18(25(28)30-20)13-22-24(15(2)16(3)29-22)21(11-14)31-23(27)9-6-17-4-7-19(26)8-5-17/h4-9,11-12,20-22,24H,2-3,10,13H2,1H3/b9-6+,14-11+/t20-,21-,22?,24+/m1/s1. The first kappa shape index (κ1) is 21.2. The van der Waals surface area contributed by atoms with Crippen LogP contribution in [-0.2, 0) is 23.8 Å². The largest absolute Gasteiger partial charge is 0.490 e. The third-order valence-corrected chi connectivity index (χ3v) is 5.90. The van der Waals surface area contributed by atoms with Crippen molar-refractivity contribution in [2.45, 2.75) is 38.1 Å². The zero-order valence-corrected chi connectivity index (χ0v) is 17.9. The first-order chi connectivity index (χ1) is 14.8. The second-order valence-electron chi connectivity index (χ2n) is 7.97. The average molecular weight is 439 g/mol. The summed E-state index contributed by atoms with van der Waals surface area (Å²) < 4.78 is 17.2. The van der Waals surface area contributed by atoms with Gasteiger partial charge in [-0.15, -0.1) is 0 Å². The summed E-state index contributed by atoms with van der Waals surface area (Å²) in [6.45, 7) is 9.94. The van der Waals surface area contributed by atoms with Crippen molar-refractivity contribution in [3.8, 4) is 0 Å². The molecule has 160 valence electrons. The van der Waals surface area contributed by atoms with Crippen molar-refractivity contribution >= 4 is 29.6 Å². The number of rotatable bonds is 3. The lowest BCUT2D eigenvalue weighted by Gasteiger charge is -2.26. The number of carbonyl (C=O) groups excluding carboxylic acids is 2. The van der Waals surface area contributed by atoms with Crippen LogP contribution in [0, 0.1) is 5.92 Å². The van der Waals surface area contributed by atoms with E-state index in [9.17, 15) is 9.59 Å². The average Bonchev–Trinajstić information content (AvgIpc) is 3.18. The van der Waals surface area contributed by atoms with E-state index in [-0.39, 0.29) is 18.0 Å². The Bertz CT molecular complexity index is 1030. The van der Waals surface area contributed by atoms with Gasteiger partial charge in [0.05, 0.1) is 5.92 Å². The molecule has 1 aliphatic carbocycles. The summed E-state index contributed by atoms with van der Waals surface area (Å²) in [5.41, 5.74) is 3.02. The molecule has 0 spiro atoms. The van der Waals surface area contributed by atoms with Crippen LogP contribution in [0.15, 0.2) is 78.1 Å². The lowest BCUT2D eigenvalue weighted by molar-refractivity contribution is -0.143. The minimum atomic E-state index is -0.604. The molecular formula is C25H23ClO5. The number of carbonyl (C=O) groups is 2. The first-order valence-corrected chi connectivity index (χ1v) is 10.5. The molecule has 0 amide bonds. The predicted octanol–water partition coefficient (Wildman–Crippen LogP) is 4.94. The van der Waals surface area contributed by atoms with Crippen LogP contribution in [0.5, 0.6) is 0 Å². The molecule has 1 fully saturated rings. The molecule has 0 radical (unpaired) electrons. The van der Waals surface area contributed by atoms with Crippen molar-refractivity contribution in [3.05, 3.63) is 88.7 Å². The van der Waals surface area contributed by atoms with Crippen molar-refractivity contribution in [2.24, 2.45) is 5.92 Å². The van der Waals surface area contributed by atoms with Crippen molar-refractivity contribution in [1.82, 2.24) is 0 Å². The van der Waals surface area contributed by atoms with Crippen LogP contribution in [-0.4, -0.2) is 30.3 Å². The minimum absolute atomic E-state index is 0.316. The summed E-state index contributed by atoms with van der Waals surface area (Å²) in [6, 6.07) is 7.13. The number of benzene rings is 1. The Balaban J connectivity index is 1.59. The highest BCUT2D eigenvalue weighted by molar-refractivity contribution is 6.30. The lowest BCUT2D eigenvalue weighted by Crippen LogP contribution is -2.32. The quantitative estimate of drug-likeness (QED) is 0.380. The number of fused-ring (bicyclic) bond motifs is 2. The van der Waals surface area contributed by atoms with Gasteiger partial charge in [0.25, 0.3) is 0 Å². The maximum absolute atomic E-state index is 12.6. The fraction of sp³-hybridized carbons (Fsp3) is 0.280. The Morgan fingerprint density at radius 2 is 1.90 bits per heavy atom. The number of hydrogen-bond acceptors (Lipinski definition) is 5. The lowest BCUT2D eigenvalue weighted by atomic mass is 9.85. The van der Waals surface area contributed by atoms with Gasteiger partial charge >= 0.3 is 11.9 Å². The SMILES string of the molecule is C=C1OC2CC3=C[C@@H](C/C(C)=C/[C@@H](OC(=O)/C=C/c4ccc(Cl)cc4)[C@@H]2C1=C)OC3=O. The maximum Gasteiger partial charge on any atom is 0.334 e. The molecule has 0 N–H and O–H groups in total. The molecule has 4 rings (SSSR count). The molecular weight excluding hydrogens is 416 g/mol. The van der Waals surface area contributed by atoms with Gasteiger partial charge in [0.2, 0.25) is 0 Å². The van der Waals surface area contributed by atoms with Gasteiger partial charge in [-0.1, -0.05) is 42.5 Å². The molecule has 2 aliphatic heterocycles. The highest BCUT2D eigenvalue weighted by Crippen LogP contribution is 2.41. The highest BCUT2D eigenvalue weighted by Gasteiger charge is 2.44. The Morgan fingerprint density at radius 3 is 2.65 bits per heavy atom. The van der Waals surface area contributed by atoms with Gasteiger partial charge in [-0.05, 0) is 48.4 Å². The van der Waals surface area contributed by atoms with E-state index in [1.807, 2.05) is 31.2 Å². The van der Waals surface area contributed by atoms with E-state index in [1.54, 1.807) is 18.2 Å². The van der Waals surface area contributed by atoms with Crippen molar-refractivity contribution in [2.75, 3.05) is 0 Å². The highest BCUT2D eigenvalue weighted by atomic mass is 35.5. The molecule has 2 heterocycles. The van der Waals surface area contributed by atoms with E-state index >= 15 is 0 Å². The van der Waals surface area contributed by atoms with E-state index in [4.69, 9.17) is 25.8 Å². The molecule has 1 aromatic carbocycles. The Morgan fingerprint density at radius 1 is 1.16 bits per heavy atom. The molecule has 1 aromatic rings. The summed E-state index contributed by atoms with van der Waals surface area (Å²) in [7, 11) is 0. The van der Waals surface area contributed by atoms with Gasteiger partial charge in [-0.25, -0.2) is 9.59 Å². The van der Waals surface area contributed by atoms with Gasteiger partial charge in [0.1, 0.15) is 24.1 Å². The maximum atomic E-state index is 12.6. The zero-order chi connectivity index (χ0) is 22.1. The fourth-order valence-electron chi connectivity index (χ4n) is 4.12. The summed E-state index contributed by atoms with van der Waals surface area (Å²) in [5.74, 6) is -0.716. The minimum Gasteiger partial charge on any atom is -0.490 e. The van der Waals surface area contributed by atoms with E-state index in [1.165, 1.54) is 6.08 Å². The van der Waals surface area contributed by atoms with E-state index in [0.717, 1.165) is 11.1 Å². The second-order valence-corrected chi connectivity index (χ2v) is 8.41. The molecule has 1 saturated heterocycles. The van der Waals surface area contributed by atoms with Crippen LogP contribution < -0.4 is 0 Å². The van der Waals surface area contributed by atoms with E-state index < -0.39 is 18.2 Å². The molecule has 2 bridgehead atoms. The molecule has 4 atom stereocenters. The smallest absolute Gasteiger partial charge is 0.334 e. The normalized spacial score (nSPS) is 29.5. The molecule has 3 aliphatic rings. The van der Waals surface area contributed by atoms with Crippen LogP contribution in [0.4, 0.5) is 0 Å². The molecule has 5 nitrogen and oxygen atoms in total. The van der Waals surface area contributed by atoms with Crippen LogP contribution in [0.3, 0.4) is 0 Å². The van der Waals surface area contributed by atoms with Gasteiger partial charge in [-0.3, -0.25) is 0 Å². The molecule has 1 unspecified atom stereocenters. The summed E-state index contributed by atoms with van der Waals surface area (Å²) in [5, 5.41) is 0.624. The monoisotopic (exact) mass is 438 g/mol. The topological polar surface area (TPSA) is 61.8 Å². The van der Waals surface area contributed by atoms with Gasteiger partial charge in [-0.2, -0.15) is 0 Å². The summed E-state index contributed by atoms with van der Waals surface area (Å²) >= 11 is 5.90. The number of esters is 2. The van der Waals surface area contributed by atoms with Crippen LogP contribution >= 0.6 is 11.6 Å². The van der Waals surface area contributed by atoms with Crippen LogP contribution in [0.25, 0.3) is 6.08 Å². The summed E-state index contributed by atoms with van der Waals surface area (Å²) in [6.07, 6.45) is 6.34. The summed E-state index contributed by atoms with van der Waals surface area (Å²) in [4.78, 5) is 24.9.